The molecule has 5 nitrogen and oxygen atoms in total. The Hall–Kier alpha value is -1.82. The van der Waals surface area contributed by atoms with Gasteiger partial charge in [0.25, 0.3) is 5.91 Å². The Bertz CT molecular complexity index is 610. The Morgan fingerprint density at radius 2 is 2.21 bits per heavy atom. The number of carboxylic acid groups (broad SMARTS) is 1. The number of amides is 1. The topological polar surface area (TPSA) is 66.8 Å². The van der Waals surface area contributed by atoms with Gasteiger partial charge in [-0.3, -0.25) is 9.59 Å². The molecular formula is C17H21ClFNO4. The van der Waals surface area contributed by atoms with Crippen LogP contribution in [-0.4, -0.2) is 40.6 Å². The summed E-state index contributed by atoms with van der Waals surface area (Å²) in [6.07, 6.45) is 2.35. The number of halogens is 2. The van der Waals surface area contributed by atoms with Crippen LogP contribution in [0.2, 0.25) is 5.02 Å². The molecule has 1 N–H and O–H groups in total. The monoisotopic (exact) mass is 357 g/mol. The number of nitrogens with zero attached hydrogens (tertiary/aromatic N) is 1. The van der Waals surface area contributed by atoms with Gasteiger partial charge in [-0.25, -0.2) is 4.39 Å². The normalized spacial score (nSPS) is 19.0. The van der Waals surface area contributed by atoms with Gasteiger partial charge in [-0.1, -0.05) is 11.6 Å². The molecule has 1 aromatic carbocycles. The molecule has 1 aromatic rings. The number of carbonyl (C=O) groups is 2. The zero-order valence-electron chi connectivity index (χ0n) is 13.5. The van der Waals surface area contributed by atoms with Crippen molar-refractivity contribution in [1.29, 1.82) is 0 Å². The van der Waals surface area contributed by atoms with Crippen molar-refractivity contribution in [1.82, 2.24) is 4.90 Å². The molecule has 1 amide bonds. The van der Waals surface area contributed by atoms with Crippen LogP contribution >= 0.6 is 11.6 Å². The summed E-state index contributed by atoms with van der Waals surface area (Å²) >= 11 is 5.92. The van der Waals surface area contributed by atoms with E-state index in [0.29, 0.717) is 13.0 Å². The van der Waals surface area contributed by atoms with Gasteiger partial charge >= 0.3 is 5.97 Å². The van der Waals surface area contributed by atoms with E-state index in [1.165, 1.54) is 12.1 Å². The fourth-order valence-electron chi connectivity index (χ4n) is 2.93. The van der Waals surface area contributed by atoms with E-state index in [-0.39, 0.29) is 29.1 Å². The smallest absolute Gasteiger partial charge is 0.303 e. The van der Waals surface area contributed by atoms with Crippen LogP contribution < -0.4 is 4.74 Å². The van der Waals surface area contributed by atoms with Crippen LogP contribution in [0.15, 0.2) is 18.2 Å². The molecule has 0 aromatic heterocycles. The van der Waals surface area contributed by atoms with E-state index < -0.39 is 17.9 Å². The maximum Gasteiger partial charge on any atom is 0.303 e. The molecule has 2 atom stereocenters. The molecule has 0 saturated carbocycles. The summed E-state index contributed by atoms with van der Waals surface area (Å²) in [4.78, 5) is 25.2. The molecule has 2 rings (SSSR count). The first-order chi connectivity index (χ1) is 11.4. The van der Waals surface area contributed by atoms with Crippen LogP contribution in [0.1, 0.15) is 39.0 Å². The van der Waals surface area contributed by atoms with Crippen LogP contribution in [0.4, 0.5) is 4.39 Å². The molecule has 132 valence electrons. The molecular weight excluding hydrogens is 337 g/mol. The zero-order chi connectivity index (χ0) is 17.7. The molecule has 1 aliphatic heterocycles. The first-order valence-electron chi connectivity index (χ1n) is 8.02. The van der Waals surface area contributed by atoms with Crippen molar-refractivity contribution in [2.45, 2.75) is 51.2 Å². The number of hydrogen-bond donors (Lipinski definition) is 1. The first-order valence-corrected chi connectivity index (χ1v) is 8.40. The average Bonchev–Trinajstić information content (AvgIpc) is 2.55. The number of hydrogen-bond acceptors (Lipinski definition) is 3. The van der Waals surface area contributed by atoms with E-state index in [4.69, 9.17) is 21.4 Å². The number of rotatable bonds is 6. The number of benzene rings is 1. The highest BCUT2D eigenvalue weighted by Gasteiger charge is 2.31. The minimum absolute atomic E-state index is 0.0352. The van der Waals surface area contributed by atoms with Crippen LogP contribution in [0.5, 0.6) is 5.75 Å². The molecule has 1 aliphatic rings. The third-order valence-corrected chi connectivity index (χ3v) is 4.44. The van der Waals surface area contributed by atoms with Gasteiger partial charge in [0.1, 0.15) is 11.6 Å². The standard InChI is InChI=1S/C17H21ClFNO4/c1-11(24-15-7-5-12(19)10-14(15)18)17(23)20-9-3-2-4-13(20)6-8-16(21)22/h5,7,10-11,13H,2-4,6,8-9H2,1H3,(H,21,22). The van der Waals surface area contributed by atoms with Gasteiger partial charge in [0.15, 0.2) is 6.10 Å². The minimum atomic E-state index is -0.865. The Kier molecular flexibility index (Phi) is 6.43. The Labute approximate surface area is 145 Å². The van der Waals surface area contributed by atoms with Crippen molar-refractivity contribution < 1.29 is 23.8 Å². The molecule has 1 heterocycles. The Balaban J connectivity index is 2.02. The van der Waals surface area contributed by atoms with Gasteiger partial charge < -0.3 is 14.7 Å². The minimum Gasteiger partial charge on any atom is -0.481 e. The van der Waals surface area contributed by atoms with Crippen molar-refractivity contribution >= 4 is 23.5 Å². The molecule has 0 bridgehead atoms. The van der Waals surface area contributed by atoms with E-state index >= 15 is 0 Å². The van der Waals surface area contributed by atoms with Crippen molar-refractivity contribution in [3.8, 4) is 5.75 Å². The summed E-state index contributed by atoms with van der Waals surface area (Å²) in [5.74, 6) is -1.30. The number of carbonyl (C=O) groups excluding carboxylic acids is 1. The highest BCUT2D eigenvalue weighted by molar-refractivity contribution is 6.32. The average molecular weight is 358 g/mol. The Morgan fingerprint density at radius 1 is 1.46 bits per heavy atom. The second-order valence-corrected chi connectivity index (χ2v) is 6.36. The van der Waals surface area contributed by atoms with Gasteiger partial charge in [0, 0.05) is 19.0 Å². The maximum absolute atomic E-state index is 13.1. The van der Waals surface area contributed by atoms with Gasteiger partial charge in [0.05, 0.1) is 5.02 Å². The first kappa shape index (κ1) is 18.5. The van der Waals surface area contributed by atoms with Crippen molar-refractivity contribution in [2.24, 2.45) is 0 Å². The molecule has 1 fully saturated rings. The van der Waals surface area contributed by atoms with Gasteiger partial charge in [-0.2, -0.15) is 0 Å². The SMILES string of the molecule is CC(Oc1ccc(F)cc1Cl)C(=O)N1CCCCC1CCC(=O)O. The van der Waals surface area contributed by atoms with Gasteiger partial charge in [-0.05, 0) is 50.8 Å². The van der Waals surface area contributed by atoms with Crippen LogP contribution in [0.3, 0.4) is 0 Å². The number of carboxylic acids is 1. The molecule has 0 aliphatic carbocycles. The largest absolute Gasteiger partial charge is 0.481 e. The molecule has 7 heteroatoms. The highest BCUT2D eigenvalue weighted by Crippen LogP contribution is 2.27. The van der Waals surface area contributed by atoms with Crippen LogP contribution in [-0.2, 0) is 9.59 Å². The third-order valence-electron chi connectivity index (χ3n) is 4.15. The number of piperidine rings is 1. The highest BCUT2D eigenvalue weighted by atomic mass is 35.5. The lowest BCUT2D eigenvalue weighted by atomic mass is 9.97. The van der Waals surface area contributed by atoms with Crippen LogP contribution in [0, 0.1) is 5.82 Å². The second-order valence-electron chi connectivity index (χ2n) is 5.95. The summed E-state index contributed by atoms with van der Waals surface area (Å²) in [6.45, 7) is 2.21. The lowest BCUT2D eigenvalue weighted by Crippen LogP contribution is -2.49. The lowest BCUT2D eigenvalue weighted by molar-refractivity contribution is -0.144. The number of aliphatic carboxylic acids is 1. The summed E-state index contributed by atoms with van der Waals surface area (Å²) in [5, 5.41) is 8.96. The summed E-state index contributed by atoms with van der Waals surface area (Å²) in [6, 6.07) is 3.65. The second kappa shape index (κ2) is 8.33. The molecule has 2 unspecified atom stereocenters. The summed E-state index contributed by atoms with van der Waals surface area (Å²) < 4.78 is 18.7. The fraction of sp³-hybridized carbons (Fsp3) is 0.529. The van der Waals surface area contributed by atoms with Crippen molar-refractivity contribution in [2.75, 3.05) is 6.54 Å². The molecule has 1 saturated heterocycles. The van der Waals surface area contributed by atoms with Gasteiger partial charge in [-0.15, -0.1) is 0 Å². The van der Waals surface area contributed by atoms with Gasteiger partial charge in [0.2, 0.25) is 0 Å². The van der Waals surface area contributed by atoms with E-state index in [2.05, 4.69) is 0 Å². The van der Waals surface area contributed by atoms with E-state index in [9.17, 15) is 14.0 Å². The van der Waals surface area contributed by atoms with E-state index in [0.717, 1.165) is 25.3 Å². The quantitative estimate of drug-likeness (QED) is 0.846. The molecule has 24 heavy (non-hydrogen) atoms. The number of likely N-dealkylation sites (tertiary alicyclic amines) is 1. The molecule has 0 radical (unpaired) electrons. The Morgan fingerprint density at radius 3 is 2.88 bits per heavy atom. The summed E-state index contributed by atoms with van der Waals surface area (Å²) in [5.41, 5.74) is 0. The van der Waals surface area contributed by atoms with E-state index in [1.54, 1.807) is 11.8 Å². The third kappa shape index (κ3) is 4.84. The van der Waals surface area contributed by atoms with E-state index in [1.807, 2.05) is 0 Å². The zero-order valence-corrected chi connectivity index (χ0v) is 14.3. The lowest BCUT2D eigenvalue weighted by Gasteiger charge is -2.37. The number of ether oxygens (including phenoxy) is 1. The maximum atomic E-state index is 13.1. The van der Waals surface area contributed by atoms with Crippen LogP contribution in [0.25, 0.3) is 0 Å². The summed E-state index contributed by atoms with van der Waals surface area (Å²) in [7, 11) is 0. The predicted molar refractivity (Wildman–Crippen MR) is 87.7 cm³/mol. The van der Waals surface area contributed by atoms with Crippen molar-refractivity contribution in [3.05, 3.63) is 29.0 Å². The van der Waals surface area contributed by atoms with Crippen molar-refractivity contribution in [3.63, 3.8) is 0 Å². The predicted octanol–water partition coefficient (Wildman–Crippen LogP) is 3.49. The fourth-order valence-corrected chi connectivity index (χ4v) is 3.14. The molecule has 0 spiro atoms.